The van der Waals surface area contributed by atoms with Crippen LogP contribution in [-0.4, -0.2) is 32.2 Å². The van der Waals surface area contributed by atoms with E-state index in [1.54, 1.807) is 0 Å². The molecule has 0 radical (unpaired) electrons. The predicted molar refractivity (Wildman–Crippen MR) is 58.8 cm³/mol. The molecule has 0 bridgehead atoms. The van der Waals surface area contributed by atoms with Crippen LogP contribution >= 0.6 is 11.6 Å². The summed E-state index contributed by atoms with van der Waals surface area (Å²) in [5.41, 5.74) is 0.465. The minimum Gasteiger partial charge on any atom is -0.381 e. The molecule has 2 aliphatic rings. The first-order valence-electron chi connectivity index (χ1n) is 5.69. The molecule has 3 heteroatoms. The Hall–Kier alpha value is 0.210. The highest BCUT2D eigenvalue weighted by atomic mass is 35.5. The van der Waals surface area contributed by atoms with Gasteiger partial charge in [0.2, 0.25) is 0 Å². The van der Waals surface area contributed by atoms with Gasteiger partial charge in [-0.25, -0.2) is 0 Å². The fraction of sp³-hybridized carbons (Fsp3) is 1.00. The van der Waals surface area contributed by atoms with Crippen LogP contribution in [0.4, 0.5) is 0 Å². The second-order valence-electron chi connectivity index (χ2n) is 4.82. The number of halogens is 1. The number of ether oxygens (including phenoxy) is 1. The van der Waals surface area contributed by atoms with E-state index in [0.29, 0.717) is 5.41 Å². The van der Waals surface area contributed by atoms with Gasteiger partial charge in [-0.3, -0.25) is 0 Å². The third kappa shape index (κ3) is 2.85. The van der Waals surface area contributed by atoms with Crippen LogP contribution in [0.2, 0.25) is 0 Å². The van der Waals surface area contributed by atoms with Crippen molar-refractivity contribution in [1.82, 2.24) is 5.32 Å². The van der Waals surface area contributed by atoms with Crippen molar-refractivity contribution in [2.45, 2.75) is 25.7 Å². The standard InChI is InChI=1S/C11H20ClNO/c12-8-11(3-4-11)9-13-7-10-1-5-14-6-2-10/h10,13H,1-9H2. The Balaban J connectivity index is 1.58. The zero-order chi connectivity index (χ0) is 9.86. The Morgan fingerprint density at radius 1 is 1.29 bits per heavy atom. The van der Waals surface area contributed by atoms with Gasteiger partial charge in [0.05, 0.1) is 0 Å². The van der Waals surface area contributed by atoms with Crippen molar-refractivity contribution >= 4 is 11.6 Å². The predicted octanol–water partition coefficient (Wildman–Crippen LogP) is 2.02. The lowest BCUT2D eigenvalue weighted by molar-refractivity contribution is 0.0660. The van der Waals surface area contributed by atoms with Gasteiger partial charge in [-0.05, 0) is 43.6 Å². The maximum Gasteiger partial charge on any atom is 0.0469 e. The van der Waals surface area contributed by atoms with Crippen LogP contribution in [0.1, 0.15) is 25.7 Å². The molecule has 0 aromatic rings. The van der Waals surface area contributed by atoms with Crippen molar-refractivity contribution in [3.05, 3.63) is 0 Å². The molecule has 0 aromatic carbocycles. The van der Waals surface area contributed by atoms with Crippen LogP contribution in [0.25, 0.3) is 0 Å². The van der Waals surface area contributed by atoms with Gasteiger partial charge in [-0.1, -0.05) is 0 Å². The van der Waals surface area contributed by atoms with E-state index in [-0.39, 0.29) is 0 Å². The third-order valence-electron chi connectivity index (χ3n) is 3.51. The second kappa shape index (κ2) is 4.82. The van der Waals surface area contributed by atoms with E-state index >= 15 is 0 Å². The topological polar surface area (TPSA) is 21.3 Å². The van der Waals surface area contributed by atoms with E-state index < -0.39 is 0 Å². The Labute approximate surface area is 91.3 Å². The number of alkyl halides is 1. The van der Waals surface area contributed by atoms with Crippen molar-refractivity contribution in [2.24, 2.45) is 11.3 Å². The SMILES string of the molecule is ClCC1(CNCC2CCOCC2)CC1. The number of rotatable bonds is 5. The van der Waals surface area contributed by atoms with Crippen molar-refractivity contribution in [3.8, 4) is 0 Å². The normalized spacial score (nSPS) is 26.4. The number of nitrogens with one attached hydrogen (secondary N) is 1. The monoisotopic (exact) mass is 217 g/mol. The van der Waals surface area contributed by atoms with Gasteiger partial charge in [0.1, 0.15) is 0 Å². The summed E-state index contributed by atoms with van der Waals surface area (Å²) in [5.74, 6) is 1.66. The van der Waals surface area contributed by atoms with E-state index in [1.165, 1.54) is 25.7 Å². The van der Waals surface area contributed by atoms with Gasteiger partial charge < -0.3 is 10.1 Å². The van der Waals surface area contributed by atoms with Crippen LogP contribution in [0.3, 0.4) is 0 Å². The molecular formula is C11H20ClNO. The van der Waals surface area contributed by atoms with E-state index in [2.05, 4.69) is 5.32 Å². The summed E-state index contributed by atoms with van der Waals surface area (Å²) in [6, 6.07) is 0. The summed E-state index contributed by atoms with van der Waals surface area (Å²) < 4.78 is 5.33. The Bertz CT molecular complexity index is 176. The minimum absolute atomic E-state index is 0.465. The van der Waals surface area contributed by atoms with Gasteiger partial charge in [0.15, 0.2) is 0 Å². The van der Waals surface area contributed by atoms with Gasteiger partial charge in [-0.15, -0.1) is 11.6 Å². The number of hydrogen-bond acceptors (Lipinski definition) is 2. The molecule has 14 heavy (non-hydrogen) atoms. The van der Waals surface area contributed by atoms with Gasteiger partial charge in [0, 0.05) is 25.6 Å². The molecule has 0 unspecified atom stereocenters. The minimum atomic E-state index is 0.465. The Kier molecular flexibility index (Phi) is 3.69. The molecule has 1 saturated heterocycles. The average molecular weight is 218 g/mol. The van der Waals surface area contributed by atoms with Crippen molar-refractivity contribution < 1.29 is 4.74 Å². The zero-order valence-corrected chi connectivity index (χ0v) is 9.48. The Morgan fingerprint density at radius 3 is 2.57 bits per heavy atom. The number of hydrogen-bond donors (Lipinski definition) is 1. The summed E-state index contributed by atoms with van der Waals surface area (Å²) in [5, 5.41) is 3.57. The van der Waals surface area contributed by atoms with E-state index in [4.69, 9.17) is 16.3 Å². The molecule has 2 rings (SSSR count). The zero-order valence-electron chi connectivity index (χ0n) is 8.73. The van der Waals surface area contributed by atoms with Crippen molar-refractivity contribution in [3.63, 3.8) is 0 Å². The largest absolute Gasteiger partial charge is 0.381 e. The first kappa shape index (κ1) is 10.7. The lowest BCUT2D eigenvalue weighted by Gasteiger charge is -2.23. The molecule has 0 amide bonds. The van der Waals surface area contributed by atoms with E-state index in [0.717, 1.165) is 38.1 Å². The maximum atomic E-state index is 5.92. The van der Waals surface area contributed by atoms with Crippen molar-refractivity contribution in [1.29, 1.82) is 0 Å². The van der Waals surface area contributed by atoms with Crippen LogP contribution in [0.5, 0.6) is 0 Å². The van der Waals surface area contributed by atoms with Gasteiger partial charge >= 0.3 is 0 Å². The highest BCUT2D eigenvalue weighted by Crippen LogP contribution is 2.45. The molecule has 1 N–H and O–H groups in total. The molecule has 0 spiro atoms. The highest BCUT2D eigenvalue weighted by Gasteiger charge is 2.41. The molecular weight excluding hydrogens is 198 g/mol. The van der Waals surface area contributed by atoms with Crippen LogP contribution in [0, 0.1) is 11.3 Å². The lowest BCUT2D eigenvalue weighted by Crippen LogP contribution is -2.32. The summed E-state index contributed by atoms with van der Waals surface area (Å²) >= 11 is 5.92. The smallest absolute Gasteiger partial charge is 0.0469 e. The van der Waals surface area contributed by atoms with Crippen LogP contribution in [-0.2, 0) is 4.74 Å². The molecule has 2 nitrogen and oxygen atoms in total. The highest BCUT2D eigenvalue weighted by molar-refractivity contribution is 6.18. The van der Waals surface area contributed by atoms with Crippen LogP contribution in [0.15, 0.2) is 0 Å². The molecule has 1 heterocycles. The molecule has 0 aromatic heterocycles. The third-order valence-corrected chi connectivity index (χ3v) is 4.08. The quantitative estimate of drug-likeness (QED) is 0.712. The summed E-state index contributed by atoms with van der Waals surface area (Å²) in [6.07, 6.45) is 5.08. The van der Waals surface area contributed by atoms with E-state index in [1.807, 2.05) is 0 Å². The van der Waals surface area contributed by atoms with Crippen molar-refractivity contribution in [2.75, 3.05) is 32.2 Å². The van der Waals surface area contributed by atoms with Gasteiger partial charge in [-0.2, -0.15) is 0 Å². The molecule has 1 aliphatic carbocycles. The lowest BCUT2D eigenvalue weighted by atomic mass is 10.00. The van der Waals surface area contributed by atoms with Crippen LogP contribution < -0.4 is 5.32 Å². The molecule has 1 aliphatic heterocycles. The fourth-order valence-corrected chi connectivity index (χ4v) is 2.39. The van der Waals surface area contributed by atoms with Gasteiger partial charge in [0.25, 0.3) is 0 Å². The Morgan fingerprint density at radius 2 is 2.00 bits per heavy atom. The fourth-order valence-electron chi connectivity index (χ4n) is 2.03. The molecule has 1 saturated carbocycles. The second-order valence-corrected chi connectivity index (χ2v) is 5.09. The summed E-state index contributed by atoms with van der Waals surface area (Å²) in [4.78, 5) is 0. The molecule has 0 atom stereocenters. The van der Waals surface area contributed by atoms with E-state index in [9.17, 15) is 0 Å². The average Bonchev–Trinajstić information content (AvgIpc) is 3.00. The first-order valence-corrected chi connectivity index (χ1v) is 6.23. The summed E-state index contributed by atoms with van der Waals surface area (Å²) in [7, 11) is 0. The maximum absolute atomic E-state index is 5.92. The molecule has 82 valence electrons. The first-order chi connectivity index (χ1) is 6.85. The molecule has 2 fully saturated rings. The summed E-state index contributed by atoms with van der Waals surface area (Å²) in [6.45, 7) is 4.18.